The second-order valence-electron chi connectivity index (χ2n) is 5.88. The number of amides is 3. The Balaban J connectivity index is 1.55. The Bertz CT molecular complexity index is 900. The predicted molar refractivity (Wildman–Crippen MR) is 91.6 cm³/mol. The average Bonchev–Trinajstić information content (AvgIpc) is 3.05. The molecule has 2 N–H and O–H groups in total. The lowest BCUT2D eigenvalue weighted by atomic mass is 10.0. The molecule has 8 heteroatoms. The van der Waals surface area contributed by atoms with Crippen molar-refractivity contribution in [3.05, 3.63) is 53.3 Å². The number of imide groups is 1. The monoisotopic (exact) mass is 355 g/mol. The third-order valence-electron chi connectivity index (χ3n) is 4.00. The Labute approximate surface area is 149 Å². The number of ether oxygens (including phenoxy) is 1. The van der Waals surface area contributed by atoms with Gasteiger partial charge in [-0.3, -0.25) is 19.7 Å². The lowest BCUT2D eigenvalue weighted by Gasteiger charge is -2.17. The van der Waals surface area contributed by atoms with Crippen molar-refractivity contribution in [1.82, 2.24) is 9.88 Å². The van der Waals surface area contributed by atoms with Crippen LogP contribution in [0.15, 0.2) is 36.5 Å². The number of carbonyl (C=O) groups excluding carboxylic acids is 4. The largest absolute Gasteiger partial charge is 0.452 e. The van der Waals surface area contributed by atoms with E-state index in [0.29, 0.717) is 24.2 Å². The molecule has 2 heterocycles. The van der Waals surface area contributed by atoms with Crippen LogP contribution in [0.25, 0.3) is 0 Å². The van der Waals surface area contributed by atoms with Crippen LogP contribution in [0.5, 0.6) is 0 Å². The summed E-state index contributed by atoms with van der Waals surface area (Å²) in [5.41, 5.74) is 2.11. The van der Waals surface area contributed by atoms with Gasteiger partial charge in [0.25, 0.3) is 11.8 Å². The summed E-state index contributed by atoms with van der Waals surface area (Å²) in [6.45, 7) is -0.567. The highest BCUT2D eigenvalue weighted by Crippen LogP contribution is 2.23. The van der Waals surface area contributed by atoms with Crippen molar-refractivity contribution in [2.75, 3.05) is 11.9 Å². The molecule has 134 valence electrons. The molecule has 0 atom stereocenters. The van der Waals surface area contributed by atoms with Crippen molar-refractivity contribution in [2.24, 2.45) is 7.05 Å². The molecule has 0 aliphatic carbocycles. The van der Waals surface area contributed by atoms with Gasteiger partial charge in [0.2, 0.25) is 5.91 Å². The normalized spacial score (nSPS) is 12.7. The Morgan fingerprint density at radius 2 is 2.04 bits per heavy atom. The number of rotatable bonds is 4. The molecule has 2 aromatic rings. The Hall–Kier alpha value is -3.42. The number of anilines is 1. The van der Waals surface area contributed by atoms with Gasteiger partial charge in [0.05, 0.1) is 5.56 Å². The molecule has 0 spiro atoms. The second kappa shape index (κ2) is 7.22. The lowest BCUT2D eigenvalue weighted by molar-refractivity contribution is -0.123. The molecule has 26 heavy (non-hydrogen) atoms. The van der Waals surface area contributed by atoms with Crippen molar-refractivity contribution in [2.45, 2.75) is 12.8 Å². The molecule has 0 saturated carbocycles. The number of nitrogens with one attached hydrogen (secondary N) is 2. The van der Waals surface area contributed by atoms with E-state index in [0.717, 1.165) is 5.56 Å². The van der Waals surface area contributed by atoms with Crippen LogP contribution in [0.4, 0.5) is 5.69 Å². The Kier molecular flexibility index (Phi) is 4.83. The van der Waals surface area contributed by atoms with Gasteiger partial charge in [-0.15, -0.1) is 0 Å². The van der Waals surface area contributed by atoms with Gasteiger partial charge in [0, 0.05) is 25.4 Å². The van der Waals surface area contributed by atoms with Crippen molar-refractivity contribution in [3.8, 4) is 0 Å². The van der Waals surface area contributed by atoms with Gasteiger partial charge in [-0.05, 0) is 42.3 Å². The van der Waals surface area contributed by atoms with E-state index in [2.05, 4.69) is 10.6 Å². The topological polar surface area (TPSA) is 106 Å². The van der Waals surface area contributed by atoms with Crippen LogP contribution in [0.3, 0.4) is 0 Å². The number of benzene rings is 1. The predicted octanol–water partition coefficient (Wildman–Crippen LogP) is 1.02. The maximum absolute atomic E-state index is 12.1. The zero-order chi connectivity index (χ0) is 18.7. The first kappa shape index (κ1) is 17.4. The van der Waals surface area contributed by atoms with Gasteiger partial charge in [-0.2, -0.15) is 0 Å². The van der Waals surface area contributed by atoms with Crippen molar-refractivity contribution in [3.63, 3.8) is 0 Å². The molecule has 0 bridgehead atoms. The molecule has 0 unspecified atom stereocenters. The third kappa shape index (κ3) is 3.80. The number of fused-ring (bicyclic) bond motifs is 1. The van der Waals surface area contributed by atoms with Gasteiger partial charge in [0.15, 0.2) is 6.61 Å². The minimum absolute atomic E-state index is 0.0626. The minimum atomic E-state index is -0.713. The molecular weight excluding hydrogens is 338 g/mol. The van der Waals surface area contributed by atoms with Crippen molar-refractivity contribution in [1.29, 1.82) is 0 Å². The van der Waals surface area contributed by atoms with Crippen molar-refractivity contribution < 1.29 is 23.9 Å². The van der Waals surface area contributed by atoms with Gasteiger partial charge in [-0.25, -0.2) is 4.79 Å². The van der Waals surface area contributed by atoms with E-state index in [1.807, 2.05) is 0 Å². The number of nitrogens with zero attached hydrogens (tertiary/aromatic N) is 1. The summed E-state index contributed by atoms with van der Waals surface area (Å²) in [5.74, 6) is -2.02. The van der Waals surface area contributed by atoms with E-state index in [-0.39, 0.29) is 11.5 Å². The fourth-order valence-electron chi connectivity index (χ4n) is 2.65. The summed E-state index contributed by atoms with van der Waals surface area (Å²) < 4.78 is 6.52. The number of hydrogen-bond acceptors (Lipinski definition) is 5. The Morgan fingerprint density at radius 1 is 1.23 bits per heavy atom. The molecule has 1 aromatic carbocycles. The van der Waals surface area contributed by atoms with Crippen LogP contribution in [0, 0.1) is 0 Å². The number of carbonyl (C=O) groups is 4. The highest BCUT2D eigenvalue weighted by molar-refractivity contribution is 6.04. The molecule has 0 fully saturated rings. The lowest BCUT2D eigenvalue weighted by Crippen LogP contribution is -2.35. The highest BCUT2D eigenvalue weighted by atomic mass is 16.5. The molecule has 1 aliphatic heterocycles. The van der Waals surface area contributed by atoms with Gasteiger partial charge in [0.1, 0.15) is 5.69 Å². The van der Waals surface area contributed by atoms with Crippen LogP contribution >= 0.6 is 0 Å². The quantitative estimate of drug-likeness (QED) is 0.797. The van der Waals surface area contributed by atoms with Crippen LogP contribution < -0.4 is 10.6 Å². The second-order valence-corrected chi connectivity index (χ2v) is 5.88. The summed E-state index contributed by atoms with van der Waals surface area (Å²) in [7, 11) is 1.68. The number of hydrogen-bond donors (Lipinski definition) is 2. The summed E-state index contributed by atoms with van der Waals surface area (Å²) in [6.07, 6.45) is 2.57. The van der Waals surface area contributed by atoms with Crippen LogP contribution in [0.1, 0.15) is 32.8 Å². The fraction of sp³-hybridized carbons (Fsp3) is 0.222. The fourth-order valence-corrected chi connectivity index (χ4v) is 2.65. The molecule has 8 nitrogen and oxygen atoms in total. The molecule has 1 aliphatic rings. The van der Waals surface area contributed by atoms with Crippen LogP contribution in [-0.2, 0) is 27.8 Å². The number of aromatic nitrogens is 1. The molecule has 3 rings (SSSR count). The van der Waals surface area contributed by atoms with Gasteiger partial charge < -0.3 is 14.6 Å². The summed E-state index contributed by atoms with van der Waals surface area (Å²) >= 11 is 0. The van der Waals surface area contributed by atoms with E-state index in [4.69, 9.17) is 4.74 Å². The molecule has 0 saturated heterocycles. The van der Waals surface area contributed by atoms with Crippen LogP contribution in [-0.4, -0.2) is 34.9 Å². The zero-order valence-corrected chi connectivity index (χ0v) is 14.1. The first-order valence-corrected chi connectivity index (χ1v) is 7.99. The highest BCUT2D eigenvalue weighted by Gasteiger charge is 2.18. The van der Waals surface area contributed by atoms with Gasteiger partial charge in [-0.1, -0.05) is 0 Å². The van der Waals surface area contributed by atoms with Crippen molar-refractivity contribution >= 4 is 29.4 Å². The average molecular weight is 355 g/mol. The standard InChI is InChI=1S/C18H17N3O5/c1-21-8-2-3-14(21)17(24)20-16(23)10-26-18(25)12-4-6-13-11(9-12)5-7-15(22)19-13/h2-4,6,8-9H,5,7,10H2,1H3,(H,19,22)(H,20,23,24). The molecule has 3 amide bonds. The van der Waals surface area contributed by atoms with E-state index in [1.54, 1.807) is 42.1 Å². The maximum atomic E-state index is 12.1. The minimum Gasteiger partial charge on any atom is -0.452 e. The number of esters is 1. The van der Waals surface area contributed by atoms with E-state index < -0.39 is 24.4 Å². The first-order chi connectivity index (χ1) is 12.4. The van der Waals surface area contributed by atoms with E-state index in [9.17, 15) is 19.2 Å². The maximum Gasteiger partial charge on any atom is 0.338 e. The SMILES string of the molecule is Cn1cccc1C(=O)NC(=O)COC(=O)c1ccc2c(c1)CCC(=O)N2. The molecule has 1 aromatic heterocycles. The third-order valence-corrected chi connectivity index (χ3v) is 4.00. The summed E-state index contributed by atoms with van der Waals surface area (Å²) in [4.78, 5) is 47.1. The first-order valence-electron chi connectivity index (χ1n) is 7.99. The molecule has 0 radical (unpaired) electrons. The smallest absolute Gasteiger partial charge is 0.338 e. The summed E-state index contributed by atoms with van der Waals surface area (Å²) in [5, 5.41) is 4.88. The van der Waals surface area contributed by atoms with Crippen LogP contribution in [0.2, 0.25) is 0 Å². The van der Waals surface area contributed by atoms with Gasteiger partial charge >= 0.3 is 5.97 Å². The van der Waals surface area contributed by atoms with E-state index >= 15 is 0 Å². The van der Waals surface area contributed by atoms with E-state index in [1.165, 1.54) is 6.07 Å². The Morgan fingerprint density at radius 3 is 2.77 bits per heavy atom. The molecular formula is C18H17N3O5. The summed E-state index contributed by atoms with van der Waals surface area (Å²) in [6, 6.07) is 8.02. The number of aryl methyl sites for hydroxylation is 2. The zero-order valence-electron chi connectivity index (χ0n) is 14.1.